The third-order valence-corrected chi connectivity index (χ3v) is 5.35. The number of hydrogen-bond donors (Lipinski definition) is 0. The number of halogens is 1. The fraction of sp³-hybridized carbons (Fsp3) is 0.333. The Labute approximate surface area is 171 Å². The Bertz CT molecular complexity index is 1020. The van der Waals surface area contributed by atoms with E-state index in [9.17, 15) is 9.59 Å². The number of fused-ring (bicyclic) bond motifs is 2. The van der Waals surface area contributed by atoms with E-state index in [-0.39, 0.29) is 35.0 Å². The minimum Gasteiger partial charge on any atom is -0.496 e. The van der Waals surface area contributed by atoms with Crippen LogP contribution < -0.4 is 23.7 Å². The van der Waals surface area contributed by atoms with Crippen LogP contribution in [0, 0.1) is 0 Å². The number of ketones is 1. The number of esters is 1. The van der Waals surface area contributed by atoms with Crippen LogP contribution in [0.4, 0.5) is 4.39 Å². The molecule has 0 unspecified atom stereocenters. The fourth-order valence-electron chi connectivity index (χ4n) is 3.97. The summed E-state index contributed by atoms with van der Waals surface area (Å²) in [5.74, 6) is -2.37. The van der Waals surface area contributed by atoms with Gasteiger partial charge in [0.15, 0.2) is 11.5 Å². The molecule has 4 rings (SSSR count). The minimum atomic E-state index is -3.04. The third kappa shape index (κ3) is 2.58. The number of rotatable bonds is 5. The summed E-state index contributed by atoms with van der Waals surface area (Å²) in [5.41, 5.74) is -2.64. The Morgan fingerprint density at radius 1 is 1.00 bits per heavy atom. The van der Waals surface area contributed by atoms with Crippen molar-refractivity contribution in [1.29, 1.82) is 0 Å². The highest BCUT2D eigenvalue weighted by molar-refractivity contribution is 6.21. The van der Waals surface area contributed by atoms with Crippen molar-refractivity contribution >= 4 is 11.8 Å². The van der Waals surface area contributed by atoms with Crippen molar-refractivity contribution in [3.63, 3.8) is 0 Å². The Balaban J connectivity index is 2.05. The van der Waals surface area contributed by atoms with Gasteiger partial charge >= 0.3 is 5.97 Å². The van der Waals surface area contributed by atoms with Gasteiger partial charge in [-0.1, -0.05) is 0 Å². The molecule has 2 atom stereocenters. The highest BCUT2D eigenvalue weighted by Crippen LogP contribution is 2.55. The molecular weight excluding hydrogens is 399 g/mol. The Hall–Kier alpha value is -3.49. The van der Waals surface area contributed by atoms with Gasteiger partial charge in [-0.3, -0.25) is 4.79 Å². The van der Waals surface area contributed by atoms with Crippen LogP contribution in [-0.4, -0.2) is 52.7 Å². The molecule has 0 N–H and O–H groups in total. The predicted octanol–water partition coefficient (Wildman–Crippen LogP) is 2.65. The quantitative estimate of drug-likeness (QED) is 0.541. The molecule has 30 heavy (non-hydrogen) atoms. The first-order chi connectivity index (χ1) is 14.4. The molecule has 158 valence electrons. The summed E-state index contributed by atoms with van der Waals surface area (Å²) in [7, 11) is 5.24. The zero-order chi connectivity index (χ0) is 21.6. The number of carbonyl (C=O) groups excluding carboxylic acids is 2. The summed E-state index contributed by atoms with van der Waals surface area (Å²) < 4.78 is 47.9. The molecule has 0 spiro atoms. The van der Waals surface area contributed by atoms with Gasteiger partial charge in [-0.25, -0.2) is 9.18 Å². The maximum atomic E-state index is 16.4. The largest absolute Gasteiger partial charge is 0.496 e. The molecule has 1 aliphatic carbocycles. The summed E-state index contributed by atoms with van der Waals surface area (Å²) in [5, 5.41) is 0. The van der Waals surface area contributed by atoms with Crippen molar-refractivity contribution in [1.82, 2.24) is 0 Å². The van der Waals surface area contributed by atoms with E-state index in [4.69, 9.17) is 23.7 Å². The van der Waals surface area contributed by atoms with Crippen molar-refractivity contribution in [2.75, 3.05) is 35.2 Å². The number of methoxy groups -OCH3 is 4. The lowest BCUT2D eigenvalue weighted by Crippen LogP contribution is -2.44. The molecule has 0 bridgehead atoms. The number of benzene rings is 2. The van der Waals surface area contributed by atoms with E-state index in [1.807, 2.05) is 0 Å². The van der Waals surface area contributed by atoms with Crippen LogP contribution >= 0.6 is 0 Å². The Kier molecular flexibility index (Phi) is 4.68. The summed E-state index contributed by atoms with van der Waals surface area (Å²) in [4.78, 5) is 25.7. The van der Waals surface area contributed by atoms with Gasteiger partial charge in [-0.2, -0.15) is 0 Å². The number of carbonyl (C=O) groups is 2. The van der Waals surface area contributed by atoms with Crippen molar-refractivity contribution in [2.24, 2.45) is 0 Å². The lowest BCUT2D eigenvalue weighted by atomic mass is 9.82. The molecule has 8 nitrogen and oxygen atoms in total. The number of alkyl halides is 1. The first-order valence-electron chi connectivity index (χ1n) is 8.96. The molecule has 0 amide bonds. The molecular formula is C21H19FO8. The van der Waals surface area contributed by atoms with Gasteiger partial charge in [0.1, 0.15) is 17.2 Å². The van der Waals surface area contributed by atoms with Gasteiger partial charge in [0, 0.05) is 23.3 Å². The molecule has 1 heterocycles. The maximum Gasteiger partial charge on any atom is 0.352 e. The fourth-order valence-corrected chi connectivity index (χ4v) is 3.97. The zero-order valence-electron chi connectivity index (χ0n) is 16.7. The molecule has 2 aromatic rings. The summed E-state index contributed by atoms with van der Waals surface area (Å²) in [6.07, 6.45) is 0. The smallest absolute Gasteiger partial charge is 0.352 e. The topological polar surface area (TPSA) is 89.5 Å². The lowest BCUT2D eigenvalue weighted by Gasteiger charge is -2.27. The summed E-state index contributed by atoms with van der Waals surface area (Å²) in [6.45, 7) is -0.0238. The highest BCUT2D eigenvalue weighted by Gasteiger charge is 2.63. The van der Waals surface area contributed by atoms with Gasteiger partial charge in [-0.05, 0) is 17.7 Å². The molecule has 0 fully saturated rings. The monoisotopic (exact) mass is 418 g/mol. The minimum absolute atomic E-state index is 0.00271. The lowest BCUT2D eigenvalue weighted by molar-refractivity contribution is -0.151. The molecule has 0 saturated carbocycles. The first kappa shape index (κ1) is 19.8. The molecule has 2 aliphatic rings. The van der Waals surface area contributed by atoms with E-state index < -0.39 is 23.3 Å². The Morgan fingerprint density at radius 3 is 2.13 bits per heavy atom. The van der Waals surface area contributed by atoms with E-state index in [1.54, 1.807) is 0 Å². The first-order valence-corrected chi connectivity index (χ1v) is 8.96. The average molecular weight is 418 g/mol. The van der Waals surface area contributed by atoms with Crippen LogP contribution in [0.2, 0.25) is 0 Å². The van der Waals surface area contributed by atoms with Crippen molar-refractivity contribution in [3.05, 3.63) is 41.0 Å². The Morgan fingerprint density at radius 2 is 1.60 bits per heavy atom. The molecule has 9 heteroatoms. The number of hydrogen-bond acceptors (Lipinski definition) is 8. The second kappa shape index (κ2) is 7.08. The predicted molar refractivity (Wildman–Crippen MR) is 101 cm³/mol. The molecule has 0 aromatic heterocycles. The summed E-state index contributed by atoms with van der Waals surface area (Å²) in [6, 6.07) is 5.91. The second-order valence-electron chi connectivity index (χ2n) is 6.70. The van der Waals surface area contributed by atoms with Crippen molar-refractivity contribution in [2.45, 2.75) is 11.6 Å². The van der Waals surface area contributed by atoms with Crippen LogP contribution in [0.1, 0.15) is 27.4 Å². The van der Waals surface area contributed by atoms with Crippen LogP contribution in [0.15, 0.2) is 24.3 Å². The summed E-state index contributed by atoms with van der Waals surface area (Å²) >= 11 is 0. The van der Waals surface area contributed by atoms with E-state index in [0.717, 1.165) is 7.11 Å². The third-order valence-electron chi connectivity index (χ3n) is 5.35. The molecule has 0 radical (unpaired) electrons. The maximum absolute atomic E-state index is 16.4. The van der Waals surface area contributed by atoms with Crippen LogP contribution in [-0.2, 0) is 9.53 Å². The average Bonchev–Trinajstić information content (AvgIpc) is 3.31. The van der Waals surface area contributed by atoms with Crippen molar-refractivity contribution in [3.8, 4) is 28.7 Å². The van der Waals surface area contributed by atoms with Gasteiger partial charge in [0.25, 0.3) is 5.67 Å². The van der Waals surface area contributed by atoms with E-state index >= 15 is 4.39 Å². The standard InChI is InChI=1S/C21H19FO8/c1-25-10-5-15(26-2)17(16(6-10)27-3)18-11-7-13-14(30-9-29-13)8-12(11)19(23)21(18,22)20(24)28-4/h5-8,18H,9H2,1-4H3/t18-,21+/m1/s1. The number of Topliss-reactive ketones (excluding diaryl/α,β-unsaturated/α-hetero) is 1. The van der Waals surface area contributed by atoms with Crippen molar-refractivity contribution < 1.29 is 42.4 Å². The highest BCUT2D eigenvalue weighted by atomic mass is 19.1. The van der Waals surface area contributed by atoms with Gasteiger partial charge in [-0.15, -0.1) is 0 Å². The second-order valence-corrected chi connectivity index (χ2v) is 6.70. The molecule has 2 aromatic carbocycles. The van der Waals surface area contributed by atoms with Crippen LogP contribution in [0.25, 0.3) is 0 Å². The van der Waals surface area contributed by atoms with E-state index in [2.05, 4.69) is 4.74 Å². The van der Waals surface area contributed by atoms with E-state index in [1.165, 1.54) is 45.6 Å². The molecule has 0 saturated heterocycles. The SMILES string of the molecule is COC(=O)[C@@]1(F)C(=O)c2cc3c(cc2[C@@H]1c1c(OC)cc(OC)cc1OC)OCO3. The van der Waals surface area contributed by atoms with Gasteiger partial charge in [0.05, 0.1) is 34.4 Å². The number of ether oxygens (including phenoxy) is 6. The zero-order valence-corrected chi connectivity index (χ0v) is 16.7. The molecule has 1 aliphatic heterocycles. The van der Waals surface area contributed by atoms with E-state index in [0.29, 0.717) is 17.2 Å². The van der Waals surface area contributed by atoms with Gasteiger partial charge in [0.2, 0.25) is 12.6 Å². The van der Waals surface area contributed by atoms with Crippen LogP contribution in [0.3, 0.4) is 0 Å². The van der Waals surface area contributed by atoms with Gasteiger partial charge < -0.3 is 28.4 Å². The normalized spacial score (nSPS) is 21.2. The van der Waals surface area contributed by atoms with Crippen LogP contribution in [0.5, 0.6) is 28.7 Å².